The summed E-state index contributed by atoms with van der Waals surface area (Å²) < 4.78 is 5.46. The van der Waals surface area contributed by atoms with Crippen LogP contribution in [0.15, 0.2) is 12.1 Å². The van der Waals surface area contributed by atoms with E-state index in [1.807, 2.05) is 19.1 Å². The average Bonchev–Trinajstić information content (AvgIpc) is 2.94. The highest BCUT2D eigenvalue weighted by Gasteiger charge is 2.50. The van der Waals surface area contributed by atoms with Gasteiger partial charge in [-0.1, -0.05) is 11.6 Å². The predicted octanol–water partition coefficient (Wildman–Crippen LogP) is 3.04. The summed E-state index contributed by atoms with van der Waals surface area (Å²) in [6.07, 6.45) is 4.88. The summed E-state index contributed by atoms with van der Waals surface area (Å²) in [7, 11) is 0. The molecule has 0 radical (unpaired) electrons. The van der Waals surface area contributed by atoms with Crippen LogP contribution in [0.25, 0.3) is 0 Å². The highest BCUT2D eigenvalue weighted by molar-refractivity contribution is 6.32. The molecule has 25 heavy (non-hydrogen) atoms. The number of carbonyl (C=O) groups is 1. The van der Waals surface area contributed by atoms with Gasteiger partial charge in [0.1, 0.15) is 5.82 Å². The Kier molecular flexibility index (Phi) is 4.63. The number of nitrogens with zero attached hydrogens (tertiary/aromatic N) is 3. The second-order valence-electron chi connectivity index (χ2n) is 7.66. The van der Waals surface area contributed by atoms with Crippen LogP contribution in [-0.4, -0.2) is 54.7 Å². The number of hydrogen-bond acceptors (Lipinski definition) is 4. The largest absolute Gasteiger partial charge is 0.381 e. The van der Waals surface area contributed by atoms with Gasteiger partial charge >= 0.3 is 0 Å². The lowest BCUT2D eigenvalue weighted by Gasteiger charge is -2.41. The zero-order chi connectivity index (χ0) is 17.4. The van der Waals surface area contributed by atoms with Gasteiger partial charge in [0.15, 0.2) is 0 Å². The van der Waals surface area contributed by atoms with Gasteiger partial charge in [-0.25, -0.2) is 4.98 Å². The molecule has 1 aromatic heterocycles. The summed E-state index contributed by atoms with van der Waals surface area (Å²) in [6, 6.07) is 4.20. The standard InChI is InChI=1S/C19H26ClN3O2/c1-14-3-4-16(20)17(21-14)22-9-2-7-19(13-22)8-10-23(18(19)24)15-5-11-25-12-6-15/h3-4,15H,2,5-13H2,1H3/t19-/m1/s1. The van der Waals surface area contributed by atoms with Crippen LogP contribution in [0.3, 0.4) is 0 Å². The molecule has 4 heterocycles. The van der Waals surface area contributed by atoms with E-state index >= 15 is 0 Å². The Morgan fingerprint density at radius 3 is 2.84 bits per heavy atom. The molecule has 136 valence electrons. The number of carbonyl (C=O) groups excluding carboxylic acids is 1. The number of likely N-dealkylation sites (tertiary alicyclic amines) is 1. The van der Waals surface area contributed by atoms with Crippen LogP contribution >= 0.6 is 11.6 Å². The van der Waals surface area contributed by atoms with Gasteiger partial charge in [-0.15, -0.1) is 0 Å². The molecule has 1 atom stereocenters. The second-order valence-corrected chi connectivity index (χ2v) is 8.06. The minimum atomic E-state index is -0.259. The van der Waals surface area contributed by atoms with Crippen molar-refractivity contribution in [1.29, 1.82) is 0 Å². The van der Waals surface area contributed by atoms with Crippen molar-refractivity contribution in [3.63, 3.8) is 0 Å². The fourth-order valence-corrected chi connectivity index (χ4v) is 4.86. The monoisotopic (exact) mass is 363 g/mol. The Morgan fingerprint density at radius 2 is 2.04 bits per heavy atom. The summed E-state index contributed by atoms with van der Waals surface area (Å²) in [5.41, 5.74) is 0.700. The number of aromatic nitrogens is 1. The number of ether oxygens (including phenoxy) is 1. The van der Waals surface area contributed by atoms with Crippen molar-refractivity contribution in [3.8, 4) is 0 Å². The lowest BCUT2D eigenvalue weighted by Crippen LogP contribution is -2.50. The first kappa shape index (κ1) is 17.1. The van der Waals surface area contributed by atoms with Gasteiger partial charge in [-0.05, 0) is 51.2 Å². The van der Waals surface area contributed by atoms with Crippen molar-refractivity contribution in [2.24, 2.45) is 5.41 Å². The van der Waals surface area contributed by atoms with Crippen molar-refractivity contribution in [2.75, 3.05) is 37.7 Å². The van der Waals surface area contributed by atoms with E-state index in [4.69, 9.17) is 16.3 Å². The molecule has 3 aliphatic heterocycles. The molecule has 1 aromatic rings. The van der Waals surface area contributed by atoms with E-state index < -0.39 is 0 Å². The molecular weight excluding hydrogens is 338 g/mol. The van der Waals surface area contributed by atoms with Crippen LogP contribution in [-0.2, 0) is 9.53 Å². The van der Waals surface area contributed by atoms with Crippen LogP contribution in [0.4, 0.5) is 5.82 Å². The molecular formula is C19H26ClN3O2. The third-order valence-electron chi connectivity index (χ3n) is 6.02. The SMILES string of the molecule is Cc1ccc(Cl)c(N2CCC[C@@]3(CCN(C4CCOCC4)C3=O)C2)n1. The predicted molar refractivity (Wildman–Crippen MR) is 98.0 cm³/mol. The summed E-state index contributed by atoms with van der Waals surface area (Å²) in [6.45, 7) is 6.07. The third-order valence-corrected chi connectivity index (χ3v) is 6.32. The molecule has 3 aliphatic rings. The number of piperidine rings is 1. The number of aryl methyl sites for hydroxylation is 1. The number of halogens is 1. The number of rotatable bonds is 2. The molecule has 0 N–H and O–H groups in total. The van der Waals surface area contributed by atoms with E-state index in [9.17, 15) is 4.79 Å². The van der Waals surface area contributed by atoms with Crippen molar-refractivity contribution >= 4 is 23.3 Å². The molecule has 1 amide bonds. The summed E-state index contributed by atoms with van der Waals surface area (Å²) in [5, 5.41) is 0.675. The molecule has 0 saturated carbocycles. The van der Waals surface area contributed by atoms with Crippen LogP contribution in [0.5, 0.6) is 0 Å². The number of pyridine rings is 1. The second kappa shape index (κ2) is 6.76. The van der Waals surface area contributed by atoms with Gasteiger partial charge in [0, 0.05) is 44.6 Å². The molecule has 0 aromatic carbocycles. The normalized spacial score (nSPS) is 28.2. The summed E-state index contributed by atoms with van der Waals surface area (Å²) in [5.74, 6) is 1.17. The maximum atomic E-state index is 13.3. The van der Waals surface area contributed by atoms with Crippen LogP contribution in [0.1, 0.15) is 37.8 Å². The zero-order valence-electron chi connectivity index (χ0n) is 14.8. The maximum absolute atomic E-state index is 13.3. The molecule has 3 saturated heterocycles. The Morgan fingerprint density at radius 1 is 1.24 bits per heavy atom. The maximum Gasteiger partial charge on any atom is 0.230 e. The van der Waals surface area contributed by atoms with E-state index in [1.54, 1.807) is 0 Å². The molecule has 1 spiro atoms. The lowest BCUT2D eigenvalue weighted by molar-refractivity contribution is -0.139. The van der Waals surface area contributed by atoms with Crippen molar-refractivity contribution in [3.05, 3.63) is 22.8 Å². The van der Waals surface area contributed by atoms with Crippen LogP contribution in [0.2, 0.25) is 5.02 Å². The van der Waals surface area contributed by atoms with E-state index in [0.717, 1.165) is 76.5 Å². The first-order valence-electron chi connectivity index (χ1n) is 9.36. The number of amides is 1. The van der Waals surface area contributed by atoms with Crippen LogP contribution < -0.4 is 4.90 Å². The van der Waals surface area contributed by atoms with Crippen LogP contribution in [0, 0.1) is 12.3 Å². The van der Waals surface area contributed by atoms with Gasteiger partial charge in [-0.3, -0.25) is 4.79 Å². The quantitative estimate of drug-likeness (QED) is 0.810. The van der Waals surface area contributed by atoms with Gasteiger partial charge in [0.25, 0.3) is 0 Å². The van der Waals surface area contributed by atoms with Crippen molar-refractivity contribution < 1.29 is 9.53 Å². The van der Waals surface area contributed by atoms with E-state index in [0.29, 0.717) is 17.0 Å². The highest BCUT2D eigenvalue weighted by Crippen LogP contribution is 2.43. The Balaban J connectivity index is 1.54. The first-order chi connectivity index (χ1) is 12.1. The molecule has 3 fully saturated rings. The third kappa shape index (κ3) is 3.13. The zero-order valence-corrected chi connectivity index (χ0v) is 15.6. The van der Waals surface area contributed by atoms with Gasteiger partial charge in [0.2, 0.25) is 5.91 Å². The van der Waals surface area contributed by atoms with Crippen molar-refractivity contribution in [2.45, 2.75) is 45.1 Å². The van der Waals surface area contributed by atoms with E-state index in [-0.39, 0.29) is 5.41 Å². The molecule has 0 bridgehead atoms. The van der Waals surface area contributed by atoms with Gasteiger partial charge < -0.3 is 14.5 Å². The highest BCUT2D eigenvalue weighted by atomic mass is 35.5. The smallest absolute Gasteiger partial charge is 0.230 e. The van der Waals surface area contributed by atoms with Gasteiger partial charge in [0.05, 0.1) is 10.4 Å². The molecule has 0 unspecified atom stereocenters. The fraction of sp³-hybridized carbons (Fsp3) is 0.684. The fourth-order valence-electron chi connectivity index (χ4n) is 4.63. The number of hydrogen-bond donors (Lipinski definition) is 0. The Labute approximate surface area is 154 Å². The van der Waals surface area contributed by atoms with Crippen molar-refractivity contribution in [1.82, 2.24) is 9.88 Å². The molecule has 0 aliphatic carbocycles. The van der Waals surface area contributed by atoms with E-state index in [1.165, 1.54) is 0 Å². The number of anilines is 1. The molecule has 4 rings (SSSR count). The topological polar surface area (TPSA) is 45.7 Å². The summed E-state index contributed by atoms with van der Waals surface area (Å²) in [4.78, 5) is 22.3. The Bertz CT molecular complexity index is 662. The van der Waals surface area contributed by atoms with Gasteiger partial charge in [-0.2, -0.15) is 0 Å². The average molecular weight is 364 g/mol. The Hall–Kier alpha value is -1.33. The minimum absolute atomic E-state index is 0.259. The minimum Gasteiger partial charge on any atom is -0.381 e. The first-order valence-corrected chi connectivity index (χ1v) is 9.74. The lowest BCUT2D eigenvalue weighted by atomic mass is 9.78. The molecule has 6 heteroatoms. The van der Waals surface area contributed by atoms with E-state index in [2.05, 4.69) is 14.8 Å². The molecule has 5 nitrogen and oxygen atoms in total. The summed E-state index contributed by atoms with van der Waals surface area (Å²) >= 11 is 6.40.